The normalized spacial score (nSPS) is 16.9. The third-order valence-electron chi connectivity index (χ3n) is 6.33. The fourth-order valence-electron chi connectivity index (χ4n) is 4.41. The van der Waals surface area contributed by atoms with Crippen LogP contribution in [0.15, 0.2) is 60.7 Å². The van der Waals surface area contributed by atoms with Gasteiger partial charge in [-0.3, -0.25) is 9.59 Å². The SMILES string of the molecule is CNC(=O)C1c2cc(-c3cc(C(=O)NCC(C)C)ccc3OCC(C)O)ccc2OC1c1ccc(F)cc1. The van der Waals surface area contributed by atoms with E-state index in [2.05, 4.69) is 10.6 Å². The Hall–Kier alpha value is -3.91. The third kappa shape index (κ3) is 5.97. The lowest BCUT2D eigenvalue weighted by molar-refractivity contribution is -0.123. The van der Waals surface area contributed by atoms with E-state index >= 15 is 0 Å². The molecule has 3 unspecified atom stereocenters. The molecule has 0 bridgehead atoms. The lowest BCUT2D eigenvalue weighted by Crippen LogP contribution is -2.28. The number of halogens is 1. The summed E-state index contributed by atoms with van der Waals surface area (Å²) in [6.45, 7) is 6.29. The summed E-state index contributed by atoms with van der Waals surface area (Å²) in [5.41, 5.74) is 3.19. The molecule has 8 heteroatoms. The predicted molar refractivity (Wildman–Crippen MR) is 143 cm³/mol. The molecule has 200 valence electrons. The van der Waals surface area contributed by atoms with E-state index in [1.54, 1.807) is 50.4 Å². The van der Waals surface area contributed by atoms with Gasteiger partial charge in [0.25, 0.3) is 5.91 Å². The van der Waals surface area contributed by atoms with Gasteiger partial charge in [-0.15, -0.1) is 0 Å². The van der Waals surface area contributed by atoms with Crippen LogP contribution in [0.4, 0.5) is 4.39 Å². The number of likely N-dealkylation sites (N-methyl/N-ethyl adjacent to an activating group) is 1. The van der Waals surface area contributed by atoms with Crippen LogP contribution in [-0.2, 0) is 4.79 Å². The Morgan fingerprint density at radius 3 is 2.45 bits per heavy atom. The maximum atomic E-state index is 13.6. The topological polar surface area (TPSA) is 96.9 Å². The Balaban J connectivity index is 1.75. The largest absolute Gasteiger partial charge is 0.490 e. The number of ether oxygens (including phenoxy) is 2. The average molecular weight is 521 g/mol. The van der Waals surface area contributed by atoms with Crippen LogP contribution in [0.5, 0.6) is 11.5 Å². The van der Waals surface area contributed by atoms with Gasteiger partial charge in [0, 0.05) is 30.3 Å². The first-order valence-corrected chi connectivity index (χ1v) is 12.7. The van der Waals surface area contributed by atoms with Crippen molar-refractivity contribution in [2.45, 2.75) is 38.9 Å². The molecule has 0 radical (unpaired) electrons. The highest BCUT2D eigenvalue weighted by Gasteiger charge is 2.40. The monoisotopic (exact) mass is 520 g/mol. The number of aliphatic hydroxyl groups excluding tert-OH is 1. The van der Waals surface area contributed by atoms with Crippen LogP contribution < -0.4 is 20.1 Å². The number of amides is 2. The standard InChI is InChI=1S/C30H33FN2O5/c1-17(2)15-33-29(35)21-8-11-25(37-16-18(3)34)23(14-21)20-7-12-26-24(13-20)27(30(36)32-4)28(38-26)19-5-9-22(31)10-6-19/h5-14,17-18,27-28,34H,15-16H2,1-4H3,(H,32,36)(H,33,35). The highest BCUT2D eigenvalue weighted by molar-refractivity contribution is 5.96. The second-order valence-electron chi connectivity index (χ2n) is 9.91. The molecule has 0 fully saturated rings. The molecule has 38 heavy (non-hydrogen) atoms. The van der Waals surface area contributed by atoms with Gasteiger partial charge >= 0.3 is 0 Å². The molecule has 2 amide bonds. The van der Waals surface area contributed by atoms with Crippen LogP contribution in [0.2, 0.25) is 0 Å². The minimum atomic E-state index is -0.681. The quantitative estimate of drug-likeness (QED) is 0.383. The summed E-state index contributed by atoms with van der Waals surface area (Å²) in [6, 6.07) is 16.5. The zero-order valence-electron chi connectivity index (χ0n) is 22.0. The summed E-state index contributed by atoms with van der Waals surface area (Å²) >= 11 is 0. The second-order valence-corrected chi connectivity index (χ2v) is 9.91. The molecular weight excluding hydrogens is 487 g/mol. The van der Waals surface area contributed by atoms with Crippen molar-refractivity contribution in [3.8, 4) is 22.6 Å². The second kappa shape index (κ2) is 11.6. The van der Waals surface area contributed by atoms with E-state index in [1.807, 2.05) is 26.0 Å². The van der Waals surface area contributed by atoms with E-state index in [0.29, 0.717) is 46.2 Å². The van der Waals surface area contributed by atoms with E-state index in [-0.39, 0.29) is 24.2 Å². The molecule has 0 saturated carbocycles. The van der Waals surface area contributed by atoms with Crippen LogP contribution in [-0.4, -0.2) is 43.2 Å². The molecule has 3 N–H and O–H groups in total. The lowest BCUT2D eigenvalue weighted by Gasteiger charge is -2.18. The molecule has 7 nitrogen and oxygen atoms in total. The van der Waals surface area contributed by atoms with E-state index < -0.39 is 18.1 Å². The minimum absolute atomic E-state index is 0.0768. The Kier molecular flexibility index (Phi) is 8.32. The number of fused-ring (bicyclic) bond motifs is 1. The molecule has 1 aliphatic heterocycles. The number of nitrogens with one attached hydrogen (secondary N) is 2. The first kappa shape index (κ1) is 27.1. The highest BCUT2D eigenvalue weighted by Crippen LogP contribution is 2.48. The Morgan fingerprint density at radius 1 is 1.05 bits per heavy atom. The number of hydrogen-bond acceptors (Lipinski definition) is 5. The molecule has 1 aliphatic rings. The van der Waals surface area contributed by atoms with Crippen molar-refractivity contribution in [2.75, 3.05) is 20.2 Å². The lowest BCUT2D eigenvalue weighted by atomic mass is 9.88. The highest BCUT2D eigenvalue weighted by atomic mass is 19.1. The third-order valence-corrected chi connectivity index (χ3v) is 6.33. The zero-order valence-corrected chi connectivity index (χ0v) is 22.0. The zero-order chi connectivity index (χ0) is 27.4. The van der Waals surface area contributed by atoms with E-state index in [0.717, 1.165) is 5.56 Å². The number of benzene rings is 3. The van der Waals surface area contributed by atoms with Gasteiger partial charge in [0.1, 0.15) is 35.9 Å². The molecule has 3 aromatic carbocycles. The van der Waals surface area contributed by atoms with Gasteiger partial charge in [0.15, 0.2) is 0 Å². The first-order valence-electron chi connectivity index (χ1n) is 12.7. The van der Waals surface area contributed by atoms with Crippen molar-refractivity contribution < 1.29 is 28.6 Å². The van der Waals surface area contributed by atoms with Crippen LogP contribution in [0.1, 0.15) is 54.3 Å². The summed E-state index contributed by atoms with van der Waals surface area (Å²) in [4.78, 5) is 25.8. The van der Waals surface area contributed by atoms with Crippen LogP contribution >= 0.6 is 0 Å². The molecule has 3 atom stereocenters. The maximum Gasteiger partial charge on any atom is 0.251 e. The number of carbonyl (C=O) groups is 2. The van der Waals surface area contributed by atoms with Crippen molar-refractivity contribution in [3.63, 3.8) is 0 Å². The van der Waals surface area contributed by atoms with Crippen molar-refractivity contribution in [2.24, 2.45) is 5.92 Å². The van der Waals surface area contributed by atoms with Crippen LogP contribution in [0, 0.1) is 11.7 Å². The molecule has 3 aromatic rings. The van der Waals surface area contributed by atoms with Crippen molar-refractivity contribution in [1.82, 2.24) is 10.6 Å². The summed E-state index contributed by atoms with van der Waals surface area (Å²) in [7, 11) is 1.56. The maximum absolute atomic E-state index is 13.6. The van der Waals surface area contributed by atoms with Gasteiger partial charge in [0.05, 0.1) is 6.10 Å². The summed E-state index contributed by atoms with van der Waals surface area (Å²) < 4.78 is 25.6. The minimum Gasteiger partial charge on any atom is -0.490 e. The molecule has 0 aromatic heterocycles. The first-order chi connectivity index (χ1) is 18.2. The van der Waals surface area contributed by atoms with E-state index in [1.165, 1.54) is 12.1 Å². The number of hydrogen-bond donors (Lipinski definition) is 3. The summed E-state index contributed by atoms with van der Waals surface area (Å²) in [5, 5.41) is 15.4. The molecule has 0 saturated heterocycles. The van der Waals surface area contributed by atoms with Gasteiger partial charge in [-0.25, -0.2) is 4.39 Å². The smallest absolute Gasteiger partial charge is 0.251 e. The number of rotatable bonds is 9. The molecular formula is C30H33FN2O5. The fraction of sp³-hybridized carbons (Fsp3) is 0.333. The van der Waals surface area contributed by atoms with Gasteiger partial charge in [-0.05, 0) is 66.4 Å². The number of carbonyl (C=O) groups excluding carboxylic acids is 2. The molecule has 0 aliphatic carbocycles. The number of aliphatic hydroxyl groups is 1. The Morgan fingerprint density at radius 2 is 1.79 bits per heavy atom. The molecule has 1 heterocycles. The van der Waals surface area contributed by atoms with E-state index in [9.17, 15) is 19.1 Å². The predicted octanol–water partition coefficient (Wildman–Crippen LogP) is 4.60. The van der Waals surface area contributed by atoms with Crippen molar-refractivity contribution >= 4 is 11.8 Å². The van der Waals surface area contributed by atoms with Crippen molar-refractivity contribution in [1.29, 1.82) is 0 Å². The van der Waals surface area contributed by atoms with Gasteiger partial charge in [0.2, 0.25) is 5.91 Å². The fourth-order valence-corrected chi connectivity index (χ4v) is 4.41. The Bertz CT molecular complexity index is 1310. The molecule has 0 spiro atoms. The van der Waals surface area contributed by atoms with Gasteiger partial charge < -0.3 is 25.2 Å². The molecule has 4 rings (SSSR count). The van der Waals surface area contributed by atoms with Crippen molar-refractivity contribution in [3.05, 3.63) is 83.2 Å². The van der Waals surface area contributed by atoms with Gasteiger partial charge in [-0.1, -0.05) is 32.0 Å². The van der Waals surface area contributed by atoms with Gasteiger partial charge in [-0.2, -0.15) is 0 Å². The average Bonchev–Trinajstić information content (AvgIpc) is 3.29. The Labute approximate surface area is 222 Å². The van der Waals surface area contributed by atoms with Crippen LogP contribution in [0.25, 0.3) is 11.1 Å². The van der Waals surface area contributed by atoms with Crippen LogP contribution in [0.3, 0.4) is 0 Å². The van der Waals surface area contributed by atoms with E-state index in [4.69, 9.17) is 9.47 Å². The summed E-state index contributed by atoms with van der Waals surface area (Å²) in [6.07, 6.45) is -1.31. The summed E-state index contributed by atoms with van der Waals surface area (Å²) in [5.74, 6) is -0.121.